The van der Waals surface area contributed by atoms with Crippen molar-refractivity contribution in [2.24, 2.45) is 0 Å². The maximum atomic E-state index is 12.7. The van der Waals surface area contributed by atoms with E-state index in [2.05, 4.69) is 18.2 Å². The Morgan fingerprint density at radius 2 is 1.38 bits per heavy atom. The summed E-state index contributed by atoms with van der Waals surface area (Å²) in [6, 6.07) is 27.0. The zero-order valence-electron chi connectivity index (χ0n) is 13.9. The summed E-state index contributed by atoms with van der Waals surface area (Å²) in [5.41, 5.74) is 4.54. The molecule has 0 spiro atoms. The van der Waals surface area contributed by atoms with Gasteiger partial charge in [-0.1, -0.05) is 60.7 Å². The minimum Gasteiger partial charge on any atom is -0.289 e. The largest absolute Gasteiger partial charge is 0.289 e. The molecule has 3 nitrogen and oxygen atoms in total. The number of aromatic nitrogens is 2. The second-order valence-corrected chi connectivity index (χ2v) is 6.28. The van der Waals surface area contributed by atoms with Gasteiger partial charge in [0, 0.05) is 16.5 Å². The molecular weight excluding hydrogens is 320 g/mol. The number of fused-ring (bicyclic) bond motifs is 4. The van der Waals surface area contributed by atoms with E-state index < -0.39 is 0 Å². The topological polar surface area (TPSA) is 42.9 Å². The van der Waals surface area contributed by atoms with Gasteiger partial charge in [-0.05, 0) is 29.7 Å². The van der Waals surface area contributed by atoms with Crippen LogP contribution in [-0.2, 0) is 0 Å². The molecule has 0 radical (unpaired) electrons. The second-order valence-electron chi connectivity index (χ2n) is 6.28. The molecular formula is C23H14N2O. The molecule has 3 heteroatoms. The first kappa shape index (κ1) is 14.7. The Hall–Kier alpha value is -3.59. The van der Waals surface area contributed by atoms with E-state index in [4.69, 9.17) is 9.97 Å². The summed E-state index contributed by atoms with van der Waals surface area (Å²) >= 11 is 0. The Kier molecular flexibility index (Phi) is 3.25. The fraction of sp³-hybridized carbons (Fsp3) is 0. The standard InChI is InChI=1S/C23H14N2O/c26-23(16-7-2-1-3-8-16)17-11-12-19-21(14-17)24-20-13-10-15-6-4-5-9-18(15)22(20)25-19/h1-14H. The van der Waals surface area contributed by atoms with Crippen molar-refractivity contribution in [2.45, 2.75) is 0 Å². The van der Waals surface area contributed by atoms with E-state index in [0.29, 0.717) is 11.1 Å². The summed E-state index contributed by atoms with van der Waals surface area (Å²) in [6.07, 6.45) is 0. The first-order chi connectivity index (χ1) is 12.8. The summed E-state index contributed by atoms with van der Waals surface area (Å²) < 4.78 is 0. The molecule has 0 aliphatic carbocycles. The van der Waals surface area contributed by atoms with Gasteiger partial charge in [0.2, 0.25) is 0 Å². The predicted octanol–water partition coefficient (Wildman–Crippen LogP) is 5.17. The van der Waals surface area contributed by atoms with Crippen LogP contribution in [0.4, 0.5) is 0 Å². The highest BCUT2D eigenvalue weighted by Gasteiger charge is 2.11. The van der Waals surface area contributed by atoms with Crippen LogP contribution in [0, 0.1) is 0 Å². The third-order valence-electron chi connectivity index (χ3n) is 4.63. The molecule has 0 saturated heterocycles. The maximum Gasteiger partial charge on any atom is 0.193 e. The summed E-state index contributed by atoms with van der Waals surface area (Å²) in [5, 5.41) is 2.23. The molecule has 122 valence electrons. The number of carbonyl (C=O) groups is 1. The van der Waals surface area contributed by atoms with Crippen molar-refractivity contribution in [3.05, 3.63) is 96.1 Å². The van der Waals surface area contributed by atoms with E-state index in [1.165, 1.54) is 0 Å². The minimum atomic E-state index is -0.00657. The molecule has 5 rings (SSSR count). The number of rotatable bonds is 2. The van der Waals surface area contributed by atoms with E-state index in [1.54, 1.807) is 0 Å². The van der Waals surface area contributed by atoms with Gasteiger partial charge < -0.3 is 0 Å². The van der Waals surface area contributed by atoms with Crippen LogP contribution < -0.4 is 0 Å². The molecule has 26 heavy (non-hydrogen) atoms. The van der Waals surface area contributed by atoms with Gasteiger partial charge >= 0.3 is 0 Å². The van der Waals surface area contributed by atoms with E-state index in [1.807, 2.05) is 66.7 Å². The Morgan fingerprint density at radius 1 is 0.615 bits per heavy atom. The van der Waals surface area contributed by atoms with Gasteiger partial charge in [-0.3, -0.25) is 4.79 Å². The lowest BCUT2D eigenvalue weighted by Crippen LogP contribution is -2.01. The van der Waals surface area contributed by atoms with Crippen molar-refractivity contribution < 1.29 is 4.79 Å². The maximum absolute atomic E-state index is 12.7. The SMILES string of the molecule is O=C(c1ccccc1)c1ccc2nc3c(ccc4ccccc43)nc2c1. The molecule has 0 N–H and O–H groups in total. The lowest BCUT2D eigenvalue weighted by Gasteiger charge is -2.06. The molecule has 0 bridgehead atoms. The molecule has 0 fully saturated rings. The van der Waals surface area contributed by atoms with Crippen LogP contribution in [0.15, 0.2) is 84.9 Å². The third kappa shape index (κ3) is 2.33. The van der Waals surface area contributed by atoms with Crippen LogP contribution in [-0.4, -0.2) is 15.8 Å². The van der Waals surface area contributed by atoms with Crippen molar-refractivity contribution >= 4 is 38.6 Å². The number of hydrogen-bond acceptors (Lipinski definition) is 3. The fourth-order valence-corrected chi connectivity index (χ4v) is 3.31. The Labute approximate surface area is 149 Å². The van der Waals surface area contributed by atoms with Crippen molar-refractivity contribution in [2.75, 3.05) is 0 Å². The van der Waals surface area contributed by atoms with Crippen LogP contribution >= 0.6 is 0 Å². The highest BCUT2D eigenvalue weighted by atomic mass is 16.1. The van der Waals surface area contributed by atoms with Gasteiger partial charge in [-0.2, -0.15) is 0 Å². The fourth-order valence-electron chi connectivity index (χ4n) is 3.31. The van der Waals surface area contributed by atoms with Crippen LogP contribution in [0.25, 0.3) is 32.8 Å². The second kappa shape index (κ2) is 5.74. The zero-order valence-corrected chi connectivity index (χ0v) is 13.9. The summed E-state index contributed by atoms with van der Waals surface area (Å²) in [7, 11) is 0. The average molecular weight is 334 g/mol. The smallest absolute Gasteiger partial charge is 0.193 e. The summed E-state index contributed by atoms with van der Waals surface area (Å²) in [6.45, 7) is 0. The van der Waals surface area contributed by atoms with Crippen molar-refractivity contribution in [1.82, 2.24) is 9.97 Å². The quantitative estimate of drug-likeness (QED) is 0.254. The molecule has 0 amide bonds. The molecule has 5 aromatic rings. The van der Waals surface area contributed by atoms with Crippen LogP contribution in [0.3, 0.4) is 0 Å². The molecule has 0 aliphatic heterocycles. The van der Waals surface area contributed by atoms with Gasteiger partial charge in [0.25, 0.3) is 0 Å². The van der Waals surface area contributed by atoms with E-state index in [0.717, 1.165) is 32.8 Å². The predicted molar refractivity (Wildman–Crippen MR) is 104 cm³/mol. The third-order valence-corrected chi connectivity index (χ3v) is 4.63. The first-order valence-electron chi connectivity index (χ1n) is 8.49. The van der Waals surface area contributed by atoms with Gasteiger partial charge in [0.1, 0.15) is 0 Å². The van der Waals surface area contributed by atoms with Crippen LogP contribution in [0.1, 0.15) is 15.9 Å². The van der Waals surface area contributed by atoms with Crippen molar-refractivity contribution in [1.29, 1.82) is 0 Å². The van der Waals surface area contributed by atoms with Crippen LogP contribution in [0.2, 0.25) is 0 Å². The molecule has 0 aliphatic rings. The number of nitrogens with zero attached hydrogens (tertiary/aromatic N) is 2. The zero-order chi connectivity index (χ0) is 17.5. The number of ketones is 1. The van der Waals surface area contributed by atoms with Crippen LogP contribution in [0.5, 0.6) is 0 Å². The van der Waals surface area contributed by atoms with E-state index in [-0.39, 0.29) is 5.78 Å². The Morgan fingerprint density at radius 3 is 2.27 bits per heavy atom. The molecule has 1 aromatic heterocycles. The van der Waals surface area contributed by atoms with Gasteiger partial charge in [0.15, 0.2) is 5.78 Å². The molecule has 0 unspecified atom stereocenters. The lowest BCUT2D eigenvalue weighted by atomic mass is 10.0. The molecule has 0 atom stereocenters. The average Bonchev–Trinajstić information content (AvgIpc) is 2.72. The highest BCUT2D eigenvalue weighted by Crippen LogP contribution is 2.25. The first-order valence-corrected chi connectivity index (χ1v) is 8.49. The van der Waals surface area contributed by atoms with Gasteiger partial charge in [-0.25, -0.2) is 9.97 Å². The minimum absolute atomic E-state index is 0.00657. The normalized spacial score (nSPS) is 11.2. The van der Waals surface area contributed by atoms with Crippen molar-refractivity contribution in [3.8, 4) is 0 Å². The molecule has 0 saturated carbocycles. The summed E-state index contributed by atoms with van der Waals surface area (Å²) in [4.78, 5) is 22.2. The van der Waals surface area contributed by atoms with E-state index in [9.17, 15) is 4.79 Å². The Bertz CT molecular complexity index is 1290. The Balaban J connectivity index is 1.70. The lowest BCUT2D eigenvalue weighted by molar-refractivity contribution is 0.103. The molecule has 4 aromatic carbocycles. The van der Waals surface area contributed by atoms with Gasteiger partial charge in [-0.15, -0.1) is 0 Å². The monoisotopic (exact) mass is 334 g/mol. The summed E-state index contributed by atoms with van der Waals surface area (Å²) in [5.74, 6) is -0.00657. The highest BCUT2D eigenvalue weighted by molar-refractivity contribution is 6.11. The number of hydrogen-bond donors (Lipinski definition) is 0. The molecule has 1 heterocycles. The van der Waals surface area contributed by atoms with Crippen molar-refractivity contribution in [3.63, 3.8) is 0 Å². The number of carbonyl (C=O) groups excluding carboxylic acids is 1. The van der Waals surface area contributed by atoms with E-state index >= 15 is 0 Å². The van der Waals surface area contributed by atoms with Gasteiger partial charge in [0.05, 0.1) is 22.1 Å². The number of benzene rings is 4.